The van der Waals surface area contributed by atoms with E-state index < -0.39 is 5.97 Å². The van der Waals surface area contributed by atoms with Crippen molar-refractivity contribution in [1.29, 1.82) is 0 Å². The molecular weight excluding hydrogens is 244 g/mol. The molecule has 0 aromatic carbocycles. The molecule has 0 aromatic rings. The molecule has 0 aromatic heterocycles. The Bertz CT molecular complexity index is 312. The minimum absolute atomic E-state index is 0.0825. The average molecular weight is 270 g/mol. The molecule has 1 unspecified atom stereocenters. The first-order valence-corrected chi connectivity index (χ1v) is 7.17. The van der Waals surface area contributed by atoms with Gasteiger partial charge < -0.3 is 15.7 Å². The number of carboxylic acids is 1. The van der Waals surface area contributed by atoms with Crippen LogP contribution in [-0.4, -0.2) is 29.7 Å². The fourth-order valence-electron chi connectivity index (χ4n) is 2.56. The molecule has 0 spiro atoms. The van der Waals surface area contributed by atoms with Crippen molar-refractivity contribution in [2.75, 3.05) is 6.54 Å². The Labute approximate surface area is 115 Å². The summed E-state index contributed by atoms with van der Waals surface area (Å²) < 4.78 is 0. The number of carbonyl (C=O) groups excluding carboxylic acids is 1. The maximum absolute atomic E-state index is 11.7. The van der Waals surface area contributed by atoms with E-state index in [4.69, 9.17) is 5.11 Å². The van der Waals surface area contributed by atoms with E-state index in [1.807, 2.05) is 6.92 Å². The van der Waals surface area contributed by atoms with Crippen LogP contribution in [0.25, 0.3) is 0 Å². The zero-order valence-electron chi connectivity index (χ0n) is 12.0. The van der Waals surface area contributed by atoms with E-state index in [1.54, 1.807) is 0 Å². The molecule has 1 fully saturated rings. The van der Waals surface area contributed by atoms with Crippen LogP contribution < -0.4 is 10.6 Å². The highest BCUT2D eigenvalue weighted by molar-refractivity contribution is 5.74. The molecule has 1 saturated carbocycles. The van der Waals surface area contributed by atoms with Gasteiger partial charge >= 0.3 is 12.0 Å². The third kappa shape index (κ3) is 6.45. The summed E-state index contributed by atoms with van der Waals surface area (Å²) in [5.41, 5.74) is 0.222. The first-order valence-electron chi connectivity index (χ1n) is 7.17. The lowest BCUT2D eigenvalue weighted by Crippen LogP contribution is -2.45. The van der Waals surface area contributed by atoms with Crippen LogP contribution >= 0.6 is 0 Å². The summed E-state index contributed by atoms with van der Waals surface area (Å²) in [5, 5.41) is 14.3. The number of aliphatic carboxylic acids is 1. The minimum Gasteiger partial charge on any atom is -0.481 e. The van der Waals surface area contributed by atoms with Crippen molar-refractivity contribution in [3.05, 3.63) is 0 Å². The number of hydrogen-bond donors (Lipinski definition) is 3. The highest BCUT2D eigenvalue weighted by Gasteiger charge is 2.27. The van der Waals surface area contributed by atoms with E-state index in [1.165, 1.54) is 32.1 Å². The second-order valence-electron chi connectivity index (χ2n) is 6.03. The van der Waals surface area contributed by atoms with E-state index in [0.29, 0.717) is 13.0 Å². The molecule has 1 aliphatic rings. The van der Waals surface area contributed by atoms with Crippen LogP contribution in [0.3, 0.4) is 0 Å². The number of nitrogens with one attached hydrogen (secondary N) is 2. The van der Waals surface area contributed by atoms with Gasteiger partial charge in [-0.05, 0) is 31.6 Å². The molecule has 19 heavy (non-hydrogen) atoms. The van der Waals surface area contributed by atoms with Crippen LogP contribution in [0.4, 0.5) is 4.79 Å². The van der Waals surface area contributed by atoms with Gasteiger partial charge in [-0.25, -0.2) is 4.79 Å². The molecule has 1 atom stereocenters. The van der Waals surface area contributed by atoms with Crippen molar-refractivity contribution in [2.45, 2.75) is 64.8 Å². The summed E-state index contributed by atoms with van der Waals surface area (Å²) in [7, 11) is 0. The van der Waals surface area contributed by atoms with Gasteiger partial charge in [-0.3, -0.25) is 4.79 Å². The van der Waals surface area contributed by atoms with Crippen molar-refractivity contribution in [3.8, 4) is 0 Å². The van der Waals surface area contributed by atoms with E-state index in [0.717, 1.165) is 0 Å². The first kappa shape index (κ1) is 15.8. The highest BCUT2D eigenvalue weighted by atomic mass is 16.4. The van der Waals surface area contributed by atoms with Gasteiger partial charge in [0.15, 0.2) is 0 Å². The molecule has 5 nitrogen and oxygen atoms in total. The maximum Gasteiger partial charge on any atom is 0.315 e. The van der Waals surface area contributed by atoms with E-state index in [-0.39, 0.29) is 23.9 Å². The van der Waals surface area contributed by atoms with Crippen LogP contribution in [0.15, 0.2) is 0 Å². The Balaban J connectivity index is 2.21. The second-order valence-corrected chi connectivity index (χ2v) is 6.03. The summed E-state index contributed by atoms with van der Waals surface area (Å²) in [6.45, 7) is 4.75. The number of carbonyl (C=O) groups is 2. The average Bonchev–Trinajstić information content (AvgIpc) is 2.35. The van der Waals surface area contributed by atoms with Gasteiger partial charge in [0.1, 0.15) is 0 Å². The van der Waals surface area contributed by atoms with Crippen molar-refractivity contribution in [2.24, 2.45) is 5.41 Å². The molecule has 0 aliphatic heterocycles. The van der Waals surface area contributed by atoms with Crippen molar-refractivity contribution in [3.63, 3.8) is 0 Å². The number of urea groups is 1. The zero-order chi connectivity index (χ0) is 14.3. The van der Waals surface area contributed by atoms with Gasteiger partial charge in [-0.15, -0.1) is 0 Å². The quantitative estimate of drug-likeness (QED) is 0.694. The number of rotatable bonds is 6. The van der Waals surface area contributed by atoms with Crippen molar-refractivity contribution in [1.82, 2.24) is 10.6 Å². The van der Waals surface area contributed by atoms with Gasteiger partial charge in [0.05, 0.1) is 0 Å². The molecule has 110 valence electrons. The number of amides is 2. The Morgan fingerprint density at radius 2 is 1.89 bits per heavy atom. The summed E-state index contributed by atoms with van der Waals surface area (Å²) in [6.07, 6.45) is 6.67. The zero-order valence-corrected chi connectivity index (χ0v) is 12.0. The molecular formula is C14H26N2O3. The van der Waals surface area contributed by atoms with Gasteiger partial charge in [-0.2, -0.15) is 0 Å². The lowest BCUT2D eigenvalue weighted by Gasteiger charge is -2.33. The van der Waals surface area contributed by atoms with Crippen LogP contribution in [0, 0.1) is 5.41 Å². The van der Waals surface area contributed by atoms with Gasteiger partial charge in [0, 0.05) is 19.0 Å². The molecule has 0 saturated heterocycles. The topological polar surface area (TPSA) is 78.4 Å². The molecule has 0 radical (unpaired) electrons. The number of carboxylic acid groups (broad SMARTS) is 1. The molecule has 3 N–H and O–H groups in total. The highest BCUT2D eigenvalue weighted by Crippen LogP contribution is 2.34. The lowest BCUT2D eigenvalue weighted by atomic mass is 9.76. The first-order chi connectivity index (χ1) is 8.91. The molecule has 0 bridgehead atoms. The summed E-state index contributed by atoms with van der Waals surface area (Å²) in [6, 6.07) is -0.306. The van der Waals surface area contributed by atoms with Gasteiger partial charge in [-0.1, -0.05) is 26.2 Å². The standard InChI is InChI=1S/C14H26N2O3/c1-11(6-7-12(17)18)16-13(19)15-10-14(2)8-4-3-5-9-14/h11H,3-10H2,1-2H3,(H,17,18)(H2,15,16,19). The molecule has 1 aliphatic carbocycles. The molecule has 5 heteroatoms. The third-order valence-electron chi connectivity index (χ3n) is 3.91. The molecule has 1 rings (SSSR count). The summed E-state index contributed by atoms with van der Waals surface area (Å²) in [4.78, 5) is 22.1. The summed E-state index contributed by atoms with van der Waals surface area (Å²) in [5.74, 6) is -0.830. The Kier molecular flexibility index (Phi) is 6.12. The predicted molar refractivity (Wildman–Crippen MR) is 74.1 cm³/mol. The smallest absolute Gasteiger partial charge is 0.315 e. The fraction of sp³-hybridized carbons (Fsp3) is 0.857. The number of hydrogen-bond acceptors (Lipinski definition) is 2. The van der Waals surface area contributed by atoms with Crippen molar-refractivity contribution >= 4 is 12.0 Å². The van der Waals surface area contributed by atoms with Crippen molar-refractivity contribution < 1.29 is 14.7 Å². The Hall–Kier alpha value is -1.26. The minimum atomic E-state index is -0.830. The predicted octanol–water partition coefficient (Wildman–Crippen LogP) is 2.51. The largest absolute Gasteiger partial charge is 0.481 e. The fourth-order valence-corrected chi connectivity index (χ4v) is 2.56. The van der Waals surface area contributed by atoms with E-state index in [2.05, 4.69) is 17.6 Å². The van der Waals surface area contributed by atoms with Crippen LogP contribution in [0.5, 0.6) is 0 Å². The van der Waals surface area contributed by atoms with Gasteiger partial charge in [0.25, 0.3) is 0 Å². The van der Waals surface area contributed by atoms with Crippen LogP contribution in [0.2, 0.25) is 0 Å². The van der Waals surface area contributed by atoms with Gasteiger partial charge in [0.2, 0.25) is 0 Å². The monoisotopic (exact) mass is 270 g/mol. The van der Waals surface area contributed by atoms with E-state index in [9.17, 15) is 9.59 Å². The second kappa shape index (κ2) is 7.36. The third-order valence-corrected chi connectivity index (χ3v) is 3.91. The lowest BCUT2D eigenvalue weighted by molar-refractivity contribution is -0.137. The molecule has 2 amide bonds. The Morgan fingerprint density at radius 1 is 1.26 bits per heavy atom. The summed E-state index contributed by atoms with van der Waals surface area (Å²) >= 11 is 0. The maximum atomic E-state index is 11.7. The van der Waals surface area contributed by atoms with E-state index >= 15 is 0 Å². The SMILES string of the molecule is CC(CCC(=O)O)NC(=O)NCC1(C)CCCCC1. The van der Waals surface area contributed by atoms with Crippen LogP contribution in [0.1, 0.15) is 58.8 Å². The van der Waals surface area contributed by atoms with Crippen LogP contribution in [-0.2, 0) is 4.79 Å². The normalized spacial score (nSPS) is 19.5. The molecule has 0 heterocycles. The Morgan fingerprint density at radius 3 is 2.47 bits per heavy atom.